The van der Waals surface area contributed by atoms with Gasteiger partial charge in [0.25, 0.3) is 0 Å². The molecule has 0 spiro atoms. The van der Waals surface area contributed by atoms with Crippen LogP contribution in [0, 0.1) is 5.82 Å². The highest BCUT2D eigenvalue weighted by atomic mass is 79.9. The predicted molar refractivity (Wildman–Crippen MR) is 94.1 cm³/mol. The maximum absolute atomic E-state index is 14.5. The minimum atomic E-state index is -1.63. The van der Waals surface area contributed by atoms with Gasteiger partial charge in [-0.25, -0.2) is 4.39 Å². The first-order valence-electron chi connectivity index (χ1n) is 7.02. The Bertz CT molecular complexity index is 787. The molecular weight excluding hydrogens is 379 g/mol. The van der Waals surface area contributed by atoms with Gasteiger partial charge in [0.05, 0.1) is 0 Å². The maximum atomic E-state index is 14.5. The summed E-state index contributed by atoms with van der Waals surface area (Å²) in [4.78, 5) is 0. The molecule has 3 rings (SSSR count). The second-order valence-electron chi connectivity index (χ2n) is 5.18. The van der Waals surface area contributed by atoms with Crippen molar-refractivity contribution in [2.45, 2.75) is 5.60 Å². The highest BCUT2D eigenvalue weighted by Crippen LogP contribution is 2.41. The summed E-state index contributed by atoms with van der Waals surface area (Å²) in [7, 11) is 0. The quantitative estimate of drug-likeness (QED) is 0.582. The molecule has 1 N–H and O–H groups in total. The summed E-state index contributed by atoms with van der Waals surface area (Å²) in [5.74, 6) is -0.472. The van der Waals surface area contributed by atoms with Crippen LogP contribution in [0.25, 0.3) is 0 Å². The summed E-state index contributed by atoms with van der Waals surface area (Å²) in [5.41, 5.74) is -0.337. The fourth-order valence-corrected chi connectivity index (χ4v) is 3.35. The zero-order valence-electron chi connectivity index (χ0n) is 12.0. The molecule has 0 aromatic heterocycles. The third kappa shape index (κ3) is 2.92. The molecule has 0 saturated carbocycles. The lowest BCUT2D eigenvalue weighted by Gasteiger charge is -2.31. The SMILES string of the molecule is OC(c1ccc(Cl)cc1)(c1ccccc1F)c1ccccc1Br. The first kappa shape index (κ1) is 16.2. The van der Waals surface area contributed by atoms with Crippen LogP contribution in [0.5, 0.6) is 0 Å². The van der Waals surface area contributed by atoms with E-state index in [-0.39, 0.29) is 5.56 Å². The standard InChI is InChI=1S/C19H13BrClFO/c20-17-7-3-1-5-15(17)19(23,13-9-11-14(21)12-10-13)16-6-2-4-8-18(16)22/h1-12,23H. The van der Waals surface area contributed by atoms with Gasteiger partial charge in [0, 0.05) is 20.6 Å². The Morgan fingerprint density at radius 1 is 0.826 bits per heavy atom. The molecule has 3 aromatic rings. The summed E-state index contributed by atoms with van der Waals surface area (Å²) in [6, 6.07) is 20.2. The van der Waals surface area contributed by atoms with E-state index >= 15 is 0 Å². The van der Waals surface area contributed by atoms with Crippen LogP contribution in [-0.4, -0.2) is 5.11 Å². The van der Waals surface area contributed by atoms with Crippen LogP contribution in [0.1, 0.15) is 16.7 Å². The zero-order valence-corrected chi connectivity index (χ0v) is 14.4. The van der Waals surface area contributed by atoms with Crippen LogP contribution >= 0.6 is 27.5 Å². The van der Waals surface area contributed by atoms with Crippen molar-refractivity contribution in [3.8, 4) is 0 Å². The fourth-order valence-electron chi connectivity index (χ4n) is 2.66. The second-order valence-corrected chi connectivity index (χ2v) is 6.47. The lowest BCUT2D eigenvalue weighted by atomic mass is 9.80. The molecule has 0 aliphatic rings. The summed E-state index contributed by atoms with van der Waals surface area (Å²) >= 11 is 9.41. The Hall–Kier alpha value is -1.68. The summed E-state index contributed by atoms with van der Waals surface area (Å²) in [5, 5.41) is 12.1. The van der Waals surface area contributed by atoms with E-state index in [9.17, 15) is 9.50 Å². The molecule has 4 heteroatoms. The molecule has 0 heterocycles. The molecule has 116 valence electrons. The Kier molecular flexibility index (Phi) is 4.53. The van der Waals surface area contributed by atoms with Gasteiger partial charge in [-0.1, -0.05) is 76.1 Å². The average molecular weight is 392 g/mol. The third-order valence-corrected chi connectivity index (χ3v) is 4.73. The van der Waals surface area contributed by atoms with Crippen LogP contribution in [0.2, 0.25) is 5.02 Å². The van der Waals surface area contributed by atoms with Gasteiger partial charge in [-0.15, -0.1) is 0 Å². The normalized spacial score (nSPS) is 13.6. The van der Waals surface area contributed by atoms with Gasteiger partial charge in [0.15, 0.2) is 0 Å². The molecule has 0 aliphatic heterocycles. The van der Waals surface area contributed by atoms with Crippen LogP contribution in [-0.2, 0) is 5.60 Å². The molecule has 3 aromatic carbocycles. The first-order valence-corrected chi connectivity index (χ1v) is 8.19. The van der Waals surface area contributed by atoms with E-state index in [2.05, 4.69) is 15.9 Å². The molecule has 0 bridgehead atoms. The Labute approximate surface area is 147 Å². The molecule has 1 unspecified atom stereocenters. The Morgan fingerprint density at radius 3 is 2.00 bits per heavy atom. The van der Waals surface area contributed by atoms with Gasteiger partial charge >= 0.3 is 0 Å². The molecule has 0 radical (unpaired) electrons. The van der Waals surface area contributed by atoms with Crippen molar-refractivity contribution in [2.24, 2.45) is 0 Å². The van der Waals surface area contributed by atoms with Crippen molar-refractivity contribution in [1.82, 2.24) is 0 Å². The van der Waals surface area contributed by atoms with Crippen LogP contribution in [0.3, 0.4) is 0 Å². The lowest BCUT2D eigenvalue weighted by molar-refractivity contribution is 0.120. The van der Waals surface area contributed by atoms with Gasteiger partial charge in [-0.3, -0.25) is 0 Å². The van der Waals surface area contributed by atoms with Crippen molar-refractivity contribution >= 4 is 27.5 Å². The minimum absolute atomic E-state index is 0.189. The smallest absolute Gasteiger partial charge is 0.144 e. The van der Waals surface area contributed by atoms with E-state index in [4.69, 9.17) is 11.6 Å². The van der Waals surface area contributed by atoms with Gasteiger partial charge in [-0.2, -0.15) is 0 Å². The topological polar surface area (TPSA) is 20.2 Å². The molecule has 0 amide bonds. The summed E-state index contributed by atoms with van der Waals surface area (Å²) in [6.45, 7) is 0. The van der Waals surface area contributed by atoms with Crippen molar-refractivity contribution in [1.29, 1.82) is 0 Å². The molecule has 1 atom stereocenters. The van der Waals surface area contributed by atoms with Crippen molar-refractivity contribution in [2.75, 3.05) is 0 Å². The van der Waals surface area contributed by atoms with Crippen LogP contribution < -0.4 is 0 Å². The van der Waals surface area contributed by atoms with Gasteiger partial charge in [0.2, 0.25) is 0 Å². The minimum Gasteiger partial charge on any atom is -0.376 e. The zero-order chi connectivity index (χ0) is 16.4. The van der Waals surface area contributed by atoms with Crippen LogP contribution in [0.15, 0.2) is 77.3 Å². The van der Waals surface area contributed by atoms with E-state index in [0.717, 1.165) is 0 Å². The lowest BCUT2D eigenvalue weighted by Crippen LogP contribution is -2.30. The monoisotopic (exact) mass is 390 g/mol. The number of hydrogen-bond acceptors (Lipinski definition) is 1. The first-order chi connectivity index (χ1) is 11.0. The highest BCUT2D eigenvalue weighted by molar-refractivity contribution is 9.10. The van der Waals surface area contributed by atoms with Crippen LogP contribution in [0.4, 0.5) is 4.39 Å². The largest absolute Gasteiger partial charge is 0.376 e. The van der Waals surface area contributed by atoms with Gasteiger partial charge in [-0.05, 0) is 29.8 Å². The molecular formula is C19H13BrClFO. The molecule has 0 fully saturated rings. The fraction of sp³-hybridized carbons (Fsp3) is 0.0526. The van der Waals surface area contributed by atoms with E-state index < -0.39 is 11.4 Å². The average Bonchev–Trinajstić information content (AvgIpc) is 2.56. The van der Waals surface area contributed by atoms with E-state index in [1.807, 2.05) is 18.2 Å². The Balaban J connectivity index is 2.32. The van der Waals surface area contributed by atoms with Crippen molar-refractivity contribution in [3.63, 3.8) is 0 Å². The number of rotatable bonds is 3. The van der Waals surface area contributed by atoms with Gasteiger partial charge < -0.3 is 5.11 Å². The predicted octanol–water partition coefficient (Wildman–Crippen LogP) is 5.53. The molecule has 0 saturated heterocycles. The van der Waals surface area contributed by atoms with E-state index in [1.54, 1.807) is 48.5 Å². The van der Waals surface area contributed by atoms with Crippen molar-refractivity contribution in [3.05, 3.63) is 105 Å². The van der Waals surface area contributed by atoms with E-state index in [0.29, 0.717) is 20.6 Å². The van der Waals surface area contributed by atoms with Gasteiger partial charge in [0.1, 0.15) is 11.4 Å². The number of halogens is 3. The van der Waals surface area contributed by atoms with Crippen molar-refractivity contribution < 1.29 is 9.50 Å². The molecule has 1 nitrogen and oxygen atoms in total. The Morgan fingerprint density at radius 2 is 1.39 bits per heavy atom. The number of benzene rings is 3. The molecule has 23 heavy (non-hydrogen) atoms. The molecule has 0 aliphatic carbocycles. The second kappa shape index (κ2) is 6.44. The third-order valence-electron chi connectivity index (χ3n) is 3.79. The van der Waals surface area contributed by atoms with E-state index in [1.165, 1.54) is 6.07 Å². The summed E-state index contributed by atoms with van der Waals surface area (Å²) < 4.78 is 15.2. The highest BCUT2D eigenvalue weighted by Gasteiger charge is 2.37. The number of hydrogen-bond donors (Lipinski definition) is 1. The number of aliphatic hydroxyl groups is 1. The maximum Gasteiger partial charge on any atom is 0.144 e. The summed E-state index contributed by atoms with van der Waals surface area (Å²) in [6.07, 6.45) is 0.